The molecule has 3 rings (SSSR count). The molecule has 0 spiro atoms. The fourth-order valence-electron chi connectivity index (χ4n) is 3.40. The summed E-state index contributed by atoms with van der Waals surface area (Å²) in [5, 5.41) is 13.2. The van der Waals surface area contributed by atoms with Crippen molar-refractivity contribution in [3.8, 4) is 11.8 Å². The first kappa shape index (κ1) is 14.4. The quantitative estimate of drug-likeness (QED) is 0.918. The number of benzene rings is 1. The zero-order chi connectivity index (χ0) is 14.9. The van der Waals surface area contributed by atoms with Gasteiger partial charge in [-0.3, -0.25) is 5.32 Å². The summed E-state index contributed by atoms with van der Waals surface area (Å²) >= 11 is 0. The summed E-state index contributed by atoms with van der Waals surface area (Å²) < 4.78 is 6.18. The van der Waals surface area contributed by atoms with Crippen molar-refractivity contribution in [3.05, 3.63) is 29.3 Å². The van der Waals surface area contributed by atoms with Crippen molar-refractivity contribution < 1.29 is 4.74 Å². The van der Waals surface area contributed by atoms with Crippen LogP contribution in [-0.2, 0) is 0 Å². The molecule has 2 atom stereocenters. The summed E-state index contributed by atoms with van der Waals surface area (Å²) in [7, 11) is 0. The van der Waals surface area contributed by atoms with Crippen LogP contribution in [0.5, 0.6) is 5.75 Å². The molecular weight excluding hydrogens is 260 g/mol. The first-order valence-corrected chi connectivity index (χ1v) is 8.02. The lowest BCUT2D eigenvalue weighted by Crippen LogP contribution is -2.50. The fraction of sp³-hybridized carbons (Fsp3) is 0.611. The van der Waals surface area contributed by atoms with Crippen LogP contribution in [-0.4, -0.2) is 17.7 Å². The van der Waals surface area contributed by atoms with Crippen molar-refractivity contribution in [1.82, 2.24) is 5.32 Å². The van der Waals surface area contributed by atoms with E-state index in [1.54, 1.807) is 0 Å². The van der Waals surface area contributed by atoms with Crippen molar-refractivity contribution in [2.75, 3.05) is 0 Å². The number of rotatable bonds is 4. The second-order valence-corrected chi connectivity index (χ2v) is 6.77. The number of nitrogens with zero attached hydrogens (tertiary/aromatic N) is 1. The van der Waals surface area contributed by atoms with Crippen LogP contribution in [0.4, 0.5) is 0 Å². The minimum absolute atomic E-state index is 0.144. The number of aryl methyl sites for hydroxylation is 2. The van der Waals surface area contributed by atoms with Gasteiger partial charge in [-0.05, 0) is 69.2 Å². The van der Waals surface area contributed by atoms with Crippen LogP contribution in [0.3, 0.4) is 0 Å². The van der Waals surface area contributed by atoms with Crippen LogP contribution in [0.1, 0.15) is 49.7 Å². The summed E-state index contributed by atoms with van der Waals surface area (Å²) in [5.74, 6) is 0.942. The molecule has 0 heterocycles. The maximum absolute atomic E-state index is 9.62. The molecule has 3 heteroatoms. The van der Waals surface area contributed by atoms with E-state index < -0.39 is 0 Å². The molecule has 1 aromatic rings. The lowest BCUT2D eigenvalue weighted by Gasteiger charge is -2.36. The SMILES string of the molecule is Cc1cc(C)cc(OC2CCCC(C#N)(NC3CC3)C2)c1. The Labute approximate surface area is 127 Å². The van der Waals surface area contributed by atoms with Gasteiger partial charge in [0.05, 0.1) is 6.07 Å². The van der Waals surface area contributed by atoms with Gasteiger partial charge in [-0.2, -0.15) is 5.26 Å². The van der Waals surface area contributed by atoms with Crippen LogP contribution in [0.2, 0.25) is 0 Å². The zero-order valence-corrected chi connectivity index (χ0v) is 13.0. The molecule has 0 radical (unpaired) electrons. The van der Waals surface area contributed by atoms with E-state index in [4.69, 9.17) is 4.74 Å². The molecule has 1 N–H and O–H groups in total. The molecule has 0 bridgehead atoms. The average Bonchev–Trinajstić information content (AvgIpc) is 3.21. The van der Waals surface area contributed by atoms with Crippen LogP contribution in [0.25, 0.3) is 0 Å². The molecule has 2 aliphatic rings. The molecule has 2 aliphatic carbocycles. The molecule has 0 amide bonds. The Morgan fingerprint density at radius 2 is 1.90 bits per heavy atom. The Morgan fingerprint density at radius 3 is 2.52 bits per heavy atom. The molecule has 0 aliphatic heterocycles. The second kappa shape index (κ2) is 5.69. The van der Waals surface area contributed by atoms with Crippen molar-refractivity contribution in [3.63, 3.8) is 0 Å². The standard InChI is InChI=1S/C18H24N2O/c1-13-8-14(2)10-17(9-13)21-16-4-3-7-18(11-16,12-19)20-15-5-6-15/h8-10,15-16,20H,3-7,11H2,1-2H3. The number of ether oxygens (including phenoxy) is 1. The Bertz CT molecular complexity index is 539. The van der Waals surface area contributed by atoms with Gasteiger partial charge in [0, 0.05) is 12.5 Å². The van der Waals surface area contributed by atoms with E-state index >= 15 is 0 Å². The first-order valence-electron chi connectivity index (χ1n) is 8.02. The normalized spacial score (nSPS) is 28.9. The van der Waals surface area contributed by atoms with Gasteiger partial charge in [-0.25, -0.2) is 0 Å². The lowest BCUT2D eigenvalue weighted by atomic mass is 9.81. The minimum atomic E-state index is -0.372. The predicted molar refractivity (Wildman–Crippen MR) is 83.3 cm³/mol. The van der Waals surface area contributed by atoms with Gasteiger partial charge in [0.1, 0.15) is 17.4 Å². The highest BCUT2D eigenvalue weighted by Gasteiger charge is 2.41. The number of nitriles is 1. The van der Waals surface area contributed by atoms with Gasteiger partial charge in [-0.15, -0.1) is 0 Å². The molecular formula is C18H24N2O. The fourth-order valence-corrected chi connectivity index (χ4v) is 3.40. The van der Waals surface area contributed by atoms with E-state index in [1.807, 2.05) is 0 Å². The summed E-state index contributed by atoms with van der Waals surface area (Å²) in [6, 6.07) is 9.43. The molecule has 3 nitrogen and oxygen atoms in total. The van der Waals surface area contributed by atoms with Gasteiger partial charge in [0.2, 0.25) is 0 Å². The smallest absolute Gasteiger partial charge is 0.120 e. The van der Waals surface area contributed by atoms with E-state index in [-0.39, 0.29) is 11.6 Å². The number of hydrogen-bond acceptors (Lipinski definition) is 3. The van der Waals surface area contributed by atoms with Gasteiger partial charge < -0.3 is 4.74 Å². The third kappa shape index (κ3) is 3.57. The van der Waals surface area contributed by atoms with Crippen molar-refractivity contribution in [2.45, 2.75) is 70.1 Å². The molecule has 0 saturated heterocycles. The second-order valence-electron chi connectivity index (χ2n) is 6.77. The molecule has 2 unspecified atom stereocenters. The largest absolute Gasteiger partial charge is 0.490 e. The highest BCUT2D eigenvalue weighted by Crippen LogP contribution is 2.34. The maximum Gasteiger partial charge on any atom is 0.120 e. The summed E-state index contributed by atoms with van der Waals surface area (Å²) in [4.78, 5) is 0. The predicted octanol–water partition coefficient (Wildman–Crippen LogP) is 3.64. The average molecular weight is 284 g/mol. The monoisotopic (exact) mass is 284 g/mol. The van der Waals surface area contributed by atoms with Crippen LogP contribution in [0, 0.1) is 25.2 Å². The van der Waals surface area contributed by atoms with Crippen LogP contribution < -0.4 is 10.1 Å². The van der Waals surface area contributed by atoms with E-state index in [0.717, 1.165) is 31.4 Å². The number of hydrogen-bond donors (Lipinski definition) is 1. The first-order chi connectivity index (χ1) is 10.1. The van der Waals surface area contributed by atoms with E-state index in [2.05, 4.69) is 43.4 Å². The molecule has 0 aromatic heterocycles. The van der Waals surface area contributed by atoms with E-state index in [1.165, 1.54) is 24.0 Å². The van der Waals surface area contributed by atoms with Gasteiger partial charge in [0.25, 0.3) is 0 Å². The molecule has 21 heavy (non-hydrogen) atoms. The van der Waals surface area contributed by atoms with Crippen molar-refractivity contribution in [2.24, 2.45) is 0 Å². The van der Waals surface area contributed by atoms with E-state index in [0.29, 0.717) is 6.04 Å². The molecule has 1 aromatic carbocycles. The van der Waals surface area contributed by atoms with Gasteiger partial charge in [-0.1, -0.05) is 6.07 Å². The van der Waals surface area contributed by atoms with Crippen LogP contribution in [0.15, 0.2) is 18.2 Å². The third-order valence-corrected chi connectivity index (χ3v) is 4.48. The van der Waals surface area contributed by atoms with Gasteiger partial charge >= 0.3 is 0 Å². The van der Waals surface area contributed by atoms with Crippen molar-refractivity contribution >= 4 is 0 Å². The summed E-state index contributed by atoms with van der Waals surface area (Å²) in [5.41, 5.74) is 2.08. The highest BCUT2D eigenvalue weighted by atomic mass is 16.5. The minimum Gasteiger partial charge on any atom is -0.490 e. The summed E-state index contributed by atoms with van der Waals surface area (Å²) in [6.45, 7) is 4.18. The topological polar surface area (TPSA) is 45.0 Å². The Hall–Kier alpha value is -1.53. The van der Waals surface area contributed by atoms with Crippen LogP contribution >= 0.6 is 0 Å². The third-order valence-electron chi connectivity index (χ3n) is 4.48. The molecule has 2 saturated carbocycles. The Morgan fingerprint density at radius 1 is 1.19 bits per heavy atom. The van der Waals surface area contributed by atoms with Gasteiger partial charge in [0.15, 0.2) is 0 Å². The van der Waals surface area contributed by atoms with Crippen molar-refractivity contribution in [1.29, 1.82) is 5.26 Å². The number of nitrogens with one attached hydrogen (secondary N) is 1. The Kier molecular flexibility index (Phi) is 3.91. The highest BCUT2D eigenvalue weighted by molar-refractivity contribution is 5.33. The summed E-state index contributed by atoms with van der Waals surface area (Å²) in [6.07, 6.45) is 6.43. The molecule has 112 valence electrons. The Balaban J connectivity index is 1.69. The van der Waals surface area contributed by atoms with E-state index in [9.17, 15) is 5.26 Å². The lowest BCUT2D eigenvalue weighted by molar-refractivity contribution is 0.111. The zero-order valence-electron chi connectivity index (χ0n) is 13.0. The molecule has 2 fully saturated rings. The maximum atomic E-state index is 9.62.